The minimum Gasteiger partial charge on any atom is -0.487 e. The first-order chi connectivity index (χ1) is 8.41. The van der Waals surface area contributed by atoms with E-state index >= 15 is 0 Å². The summed E-state index contributed by atoms with van der Waals surface area (Å²) in [4.78, 5) is 0. The molecule has 5 nitrogen and oxygen atoms in total. The highest BCUT2D eigenvalue weighted by Gasteiger charge is 2.38. The van der Waals surface area contributed by atoms with Gasteiger partial charge in [0.05, 0.1) is 11.5 Å². The van der Waals surface area contributed by atoms with Crippen molar-refractivity contribution in [1.82, 2.24) is 0 Å². The second-order valence-corrected chi connectivity index (χ2v) is 7.27. The Morgan fingerprint density at radius 2 is 2.17 bits per heavy atom. The Hall–Kier alpha value is -0.630. The third kappa shape index (κ3) is 3.03. The lowest BCUT2D eigenvalue weighted by molar-refractivity contribution is 0.0737. The molecule has 1 heterocycles. The maximum Gasteiger partial charge on any atom is 0.156 e. The Bertz CT molecular complexity index is 546. The van der Waals surface area contributed by atoms with Crippen LogP contribution in [0.1, 0.15) is 5.56 Å². The van der Waals surface area contributed by atoms with Crippen molar-refractivity contribution in [2.75, 3.05) is 11.5 Å². The number of nitrogens with two attached hydrogens (primary N) is 1. The first-order valence-corrected chi connectivity index (χ1v) is 8.06. The van der Waals surface area contributed by atoms with Gasteiger partial charge in [0.1, 0.15) is 18.0 Å². The Labute approximate surface area is 114 Å². The van der Waals surface area contributed by atoms with Crippen LogP contribution in [0.25, 0.3) is 0 Å². The van der Waals surface area contributed by atoms with Crippen molar-refractivity contribution in [2.45, 2.75) is 18.8 Å². The van der Waals surface area contributed by atoms with Gasteiger partial charge in [0.25, 0.3) is 0 Å². The maximum atomic E-state index is 11.4. The number of hydrogen-bond acceptors (Lipinski definition) is 5. The van der Waals surface area contributed by atoms with Gasteiger partial charge in [0.2, 0.25) is 0 Å². The van der Waals surface area contributed by atoms with Crippen molar-refractivity contribution >= 4 is 25.8 Å². The summed E-state index contributed by atoms with van der Waals surface area (Å²) in [6.45, 7) is 0.350. The van der Waals surface area contributed by atoms with Crippen LogP contribution in [0.2, 0.25) is 0 Å². The van der Waals surface area contributed by atoms with Gasteiger partial charge in [0, 0.05) is 11.0 Å². The number of rotatable bonds is 3. The molecule has 1 aliphatic rings. The fourth-order valence-electron chi connectivity index (χ4n) is 1.87. The van der Waals surface area contributed by atoms with Crippen LogP contribution in [0.4, 0.5) is 0 Å². The smallest absolute Gasteiger partial charge is 0.156 e. The summed E-state index contributed by atoms with van der Waals surface area (Å²) >= 11 is 3.35. The molecule has 0 spiro atoms. The molecule has 2 unspecified atom stereocenters. The van der Waals surface area contributed by atoms with E-state index in [0.29, 0.717) is 12.3 Å². The first-order valence-electron chi connectivity index (χ1n) is 5.45. The standard InChI is InChI=1S/C11H14BrNO4S/c12-9-2-1-8(3-7(9)4-13)17-11-6-18(15,16)5-10(11)14/h1-3,10-11,14H,4-6,13H2. The highest BCUT2D eigenvalue weighted by molar-refractivity contribution is 9.10. The maximum absolute atomic E-state index is 11.4. The van der Waals surface area contributed by atoms with Crippen LogP contribution < -0.4 is 10.5 Å². The molecular weight excluding hydrogens is 322 g/mol. The minimum atomic E-state index is -3.20. The van der Waals surface area contributed by atoms with E-state index in [9.17, 15) is 13.5 Å². The molecule has 3 N–H and O–H groups in total. The molecule has 7 heteroatoms. The van der Waals surface area contributed by atoms with E-state index in [4.69, 9.17) is 10.5 Å². The molecule has 2 atom stereocenters. The number of hydrogen-bond donors (Lipinski definition) is 2. The summed E-state index contributed by atoms with van der Waals surface area (Å²) in [6.07, 6.45) is -1.68. The minimum absolute atomic E-state index is 0.151. The molecule has 1 saturated heterocycles. The van der Waals surface area contributed by atoms with Crippen molar-refractivity contribution < 1.29 is 18.3 Å². The predicted octanol–water partition coefficient (Wildman–Crippen LogP) is 0.445. The van der Waals surface area contributed by atoms with E-state index in [1.54, 1.807) is 18.2 Å². The topological polar surface area (TPSA) is 89.6 Å². The van der Waals surface area contributed by atoms with E-state index in [0.717, 1.165) is 10.0 Å². The average molecular weight is 336 g/mol. The molecule has 0 saturated carbocycles. The van der Waals surface area contributed by atoms with E-state index < -0.39 is 22.0 Å². The molecule has 0 aromatic heterocycles. The van der Waals surface area contributed by atoms with Gasteiger partial charge in [-0.25, -0.2) is 8.42 Å². The van der Waals surface area contributed by atoms with Crippen LogP contribution in [0.3, 0.4) is 0 Å². The van der Waals surface area contributed by atoms with E-state index in [1.807, 2.05) is 0 Å². The number of halogens is 1. The van der Waals surface area contributed by atoms with Gasteiger partial charge in [-0.3, -0.25) is 0 Å². The zero-order chi connectivity index (χ0) is 13.3. The lowest BCUT2D eigenvalue weighted by Gasteiger charge is -2.16. The van der Waals surface area contributed by atoms with Gasteiger partial charge in [-0.05, 0) is 23.8 Å². The van der Waals surface area contributed by atoms with Gasteiger partial charge in [-0.1, -0.05) is 15.9 Å². The second-order valence-electron chi connectivity index (χ2n) is 4.26. The third-order valence-electron chi connectivity index (χ3n) is 2.80. The molecule has 0 aliphatic carbocycles. The average Bonchev–Trinajstić information content (AvgIpc) is 2.54. The molecule has 100 valence electrons. The zero-order valence-electron chi connectivity index (χ0n) is 9.54. The molecule has 0 amide bonds. The molecule has 1 aromatic rings. The molecule has 1 aromatic carbocycles. The summed E-state index contributed by atoms with van der Waals surface area (Å²) in [5.41, 5.74) is 6.43. The van der Waals surface area contributed by atoms with Crippen molar-refractivity contribution in [2.24, 2.45) is 5.73 Å². The largest absolute Gasteiger partial charge is 0.487 e. The number of aliphatic hydroxyl groups excluding tert-OH is 1. The summed E-state index contributed by atoms with van der Waals surface area (Å²) in [5, 5.41) is 9.63. The summed E-state index contributed by atoms with van der Waals surface area (Å²) in [5.74, 6) is 0.125. The van der Waals surface area contributed by atoms with E-state index in [2.05, 4.69) is 15.9 Å². The van der Waals surface area contributed by atoms with Crippen molar-refractivity contribution in [3.63, 3.8) is 0 Å². The number of benzene rings is 1. The molecule has 0 bridgehead atoms. The van der Waals surface area contributed by atoms with E-state index in [-0.39, 0.29) is 11.5 Å². The number of sulfone groups is 1. The fraction of sp³-hybridized carbons (Fsp3) is 0.455. The SMILES string of the molecule is NCc1cc(OC2CS(=O)(=O)CC2O)ccc1Br. The molecule has 2 rings (SSSR count). The summed E-state index contributed by atoms with van der Waals surface area (Å²) < 4.78 is 29.1. The van der Waals surface area contributed by atoms with Crippen LogP contribution in [0, 0.1) is 0 Å². The summed E-state index contributed by atoms with van der Waals surface area (Å²) in [6, 6.07) is 5.23. The lowest BCUT2D eigenvalue weighted by atomic mass is 10.2. The Morgan fingerprint density at radius 3 is 2.72 bits per heavy atom. The Kier molecular flexibility index (Phi) is 3.96. The van der Waals surface area contributed by atoms with Gasteiger partial charge < -0.3 is 15.6 Å². The molecule has 1 fully saturated rings. The molecular formula is C11H14BrNO4S. The van der Waals surface area contributed by atoms with Gasteiger partial charge in [0.15, 0.2) is 9.84 Å². The lowest BCUT2D eigenvalue weighted by Crippen LogP contribution is -2.29. The van der Waals surface area contributed by atoms with Crippen LogP contribution in [-0.2, 0) is 16.4 Å². The number of ether oxygens (including phenoxy) is 1. The van der Waals surface area contributed by atoms with E-state index in [1.165, 1.54) is 0 Å². The second kappa shape index (κ2) is 5.16. The third-order valence-corrected chi connectivity index (χ3v) is 5.26. The van der Waals surface area contributed by atoms with Crippen LogP contribution >= 0.6 is 15.9 Å². The van der Waals surface area contributed by atoms with Gasteiger partial charge in [-0.15, -0.1) is 0 Å². The Morgan fingerprint density at radius 1 is 1.44 bits per heavy atom. The van der Waals surface area contributed by atoms with Gasteiger partial charge >= 0.3 is 0 Å². The first kappa shape index (κ1) is 13.8. The van der Waals surface area contributed by atoms with Crippen LogP contribution in [-0.4, -0.2) is 37.2 Å². The fourth-order valence-corrected chi connectivity index (χ4v) is 3.94. The predicted molar refractivity (Wildman–Crippen MR) is 71.1 cm³/mol. The van der Waals surface area contributed by atoms with Gasteiger partial charge in [-0.2, -0.15) is 0 Å². The Balaban J connectivity index is 2.15. The quantitative estimate of drug-likeness (QED) is 0.836. The highest BCUT2D eigenvalue weighted by Crippen LogP contribution is 2.25. The highest BCUT2D eigenvalue weighted by atomic mass is 79.9. The zero-order valence-corrected chi connectivity index (χ0v) is 11.9. The van der Waals surface area contributed by atoms with Crippen LogP contribution in [0.5, 0.6) is 5.75 Å². The van der Waals surface area contributed by atoms with Crippen molar-refractivity contribution in [3.05, 3.63) is 28.2 Å². The normalized spacial score (nSPS) is 26.2. The van der Waals surface area contributed by atoms with Crippen LogP contribution in [0.15, 0.2) is 22.7 Å². The molecule has 0 radical (unpaired) electrons. The molecule has 1 aliphatic heterocycles. The van der Waals surface area contributed by atoms with Crippen molar-refractivity contribution in [3.8, 4) is 5.75 Å². The van der Waals surface area contributed by atoms with Crippen molar-refractivity contribution in [1.29, 1.82) is 0 Å². The monoisotopic (exact) mass is 335 g/mol. The molecule has 18 heavy (non-hydrogen) atoms. The summed E-state index contributed by atoms with van der Waals surface area (Å²) in [7, 11) is -3.20. The number of aliphatic hydroxyl groups is 1.